The van der Waals surface area contributed by atoms with E-state index in [2.05, 4.69) is 21.2 Å². The van der Waals surface area contributed by atoms with Gasteiger partial charge in [-0.3, -0.25) is 10.1 Å². The number of hydrogen-bond donors (Lipinski definition) is 1. The largest absolute Gasteiger partial charge is 0.375 e. The van der Waals surface area contributed by atoms with E-state index in [9.17, 15) is 18.9 Å². The summed E-state index contributed by atoms with van der Waals surface area (Å²) in [5, 5.41) is 15.3. The molecule has 0 bridgehead atoms. The second-order valence-corrected chi connectivity index (χ2v) is 5.93. The molecule has 2 rings (SSSR count). The van der Waals surface area contributed by atoms with Gasteiger partial charge in [0.25, 0.3) is 0 Å². The maximum atomic E-state index is 13.6. The Kier molecular flexibility index (Phi) is 4.34. The fourth-order valence-corrected chi connectivity index (χ4v) is 3.10. The number of halogens is 3. The van der Waals surface area contributed by atoms with Gasteiger partial charge in [0.05, 0.1) is 16.7 Å². The Morgan fingerprint density at radius 3 is 2.60 bits per heavy atom. The van der Waals surface area contributed by atoms with Crippen molar-refractivity contribution < 1.29 is 13.7 Å². The quantitative estimate of drug-likeness (QED) is 0.623. The van der Waals surface area contributed by atoms with Crippen molar-refractivity contribution in [2.75, 3.05) is 5.32 Å². The zero-order valence-electron chi connectivity index (χ0n) is 10.2. The van der Waals surface area contributed by atoms with Crippen molar-refractivity contribution in [3.63, 3.8) is 0 Å². The first kappa shape index (κ1) is 14.9. The number of nitro benzene ring substituents is 1. The van der Waals surface area contributed by atoms with Crippen molar-refractivity contribution in [2.45, 2.75) is 13.0 Å². The molecule has 0 saturated heterocycles. The lowest BCUT2D eigenvalue weighted by molar-refractivity contribution is -0.387. The number of nitrogens with one attached hydrogen (secondary N) is 1. The molecule has 0 radical (unpaired) electrons. The first-order chi connectivity index (χ1) is 9.38. The molecule has 1 N–H and O–H groups in total. The Hall–Kier alpha value is -1.54. The molecule has 1 atom stereocenters. The summed E-state index contributed by atoms with van der Waals surface area (Å²) >= 11 is 4.77. The smallest absolute Gasteiger partial charge is 0.307 e. The van der Waals surface area contributed by atoms with E-state index in [0.29, 0.717) is 6.07 Å². The van der Waals surface area contributed by atoms with Crippen molar-refractivity contribution in [1.29, 1.82) is 0 Å². The molecule has 1 heterocycles. The lowest BCUT2D eigenvalue weighted by Crippen LogP contribution is -2.07. The fourth-order valence-electron chi connectivity index (χ4n) is 1.65. The van der Waals surface area contributed by atoms with Crippen molar-refractivity contribution in [3.05, 3.63) is 54.7 Å². The highest BCUT2D eigenvalue weighted by molar-refractivity contribution is 9.10. The third-order valence-electron chi connectivity index (χ3n) is 2.62. The molecule has 1 aromatic carbocycles. The fraction of sp³-hybridized carbons (Fsp3) is 0.167. The van der Waals surface area contributed by atoms with E-state index in [4.69, 9.17) is 0 Å². The molecule has 1 unspecified atom stereocenters. The summed E-state index contributed by atoms with van der Waals surface area (Å²) in [5.74, 6) is -2.06. The molecule has 1 aromatic heterocycles. The molecule has 0 amide bonds. The number of nitro groups is 1. The standard InChI is InChI=1S/C12H9BrF2N2O2S/c1-6(12-2-7(13)5-20-12)16-10-4-11(17(18)19)9(15)3-8(10)14/h2-6,16H,1H3. The highest BCUT2D eigenvalue weighted by Gasteiger charge is 2.20. The molecule has 0 spiro atoms. The van der Waals surface area contributed by atoms with E-state index in [1.54, 1.807) is 6.92 Å². The normalized spacial score (nSPS) is 12.2. The Morgan fingerprint density at radius 1 is 1.35 bits per heavy atom. The van der Waals surface area contributed by atoms with Crippen LogP contribution in [0.1, 0.15) is 17.8 Å². The van der Waals surface area contributed by atoms with Crippen LogP contribution < -0.4 is 5.32 Å². The van der Waals surface area contributed by atoms with Gasteiger partial charge >= 0.3 is 5.69 Å². The van der Waals surface area contributed by atoms with Gasteiger partial charge in [-0.05, 0) is 28.9 Å². The molecule has 0 fully saturated rings. The molecule has 106 valence electrons. The van der Waals surface area contributed by atoms with Gasteiger partial charge in [0.2, 0.25) is 5.82 Å². The van der Waals surface area contributed by atoms with Crippen LogP contribution in [0.15, 0.2) is 28.1 Å². The summed E-state index contributed by atoms with van der Waals surface area (Å²) in [7, 11) is 0. The summed E-state index contributed by atoms with van der Waals surface area (Å²) < 4.78 is 27.8. The van der Waals surface area contributed by atoms with Crippen molar-refractivity contribution in [3.8, 4) is 0 Å². The van der Waals surface area contributed by atoms with Crippen LogP contribution in [-0.4, -0.2) is 4.92 Å². The molecule has 4 nitrogen and oxygen atoms in total. The van der Waals surface area contributed by atoms with Crippen molar-refractivity contribution in [2.24, 2.45) is 0 Å². The first-order valence-electron chi connectivity index (χ1n) is 5.52. The summed E-state index contributed by atoms with van der Waals surface area (Å²) in [4.78, 5) is 10.7. The highest BCUT2D eigenvalue weighted by Crippen LogP contribution is 2.31. The molecule has 2 aromatic rings. The molecular formula is C12H9BrF2N2O2S. The van der Waals surface area contributed by atoms with E-state index < -0.39 is 22.2 Å². The molecule has 0 aliphatic heterocycles. The monoisotopic (exact) mass is 362 g/mol. The van der Waals surface area contributed by atoms with Gasteiger partial charge in [0.15, 0.2) is 0 Å². The Bertz CT molecular complexity index is 663. The average molecular weight is 363 g/mol. The van der Waals surface area contributed by atoms with E-state index in [-0.39, 0.29) is 11.7 Å². The van der Waals surface area contributed by atoms with Gasteiger partial charge in [-0.2, -0.15) is 4.39 Å². The van der Waals surface area contributed by atoms with Gasteiger partial charge in [-0.25, -0.2) is 4.39 Å². The van der Waals surface area contributed by atoms with E-state index in [1.165, 1.54) is 11.3 Å². The number of rotatable bonds is 4. The highest BCUT2D eigenvalue weighted by atomic mass is 79.9. The number of thiophene rings is 1. The van der Waals surface area contributed by atoms with Crippen LogP contribution >= 0.6 is 27.3 Å². The van der Waals surface area contributed by atoms with Gasteiger partial charge in [0, 0.05) is 26.9 Å². The third kappa shape index (κ3) is 3.13. The minimum Gasteiger partial charge on any atom is -0.375 e. The molecule has 8 heteroatoms. The molecule has 0 aliphatic carbocycles. The summed E-state index contributed by atoms with van der Waals surface area (Å²) in [5.41, 5.74) is -0.858. The number of nitrogens with zero attached hydrogens (tertiary/aromatic N) is 1. The maximum absolute atomic E-state index is 13.6. The van der Waals surface area contributed by atoms with E-state index in [1.807, 2.05) is 11.4 Å². The third-order valence-corrected chi connectivity index (χ3v) is 4.50. The maximum Gasteiger partial charge on any atom is 0.307 e. The van der Waals surface area contributed by atoms with Gasteiger partial charge < -0.3 is 5.32 Å². The predicted octanol–water partition coefficient (Wildman–Crippen LogP) is 4.87. The zero-order chi connectivity index (χ0) is 14.9. The van der Waals surface area contributed by atoms with Crippen LogP contribution in [0.25, 0.3) is 0 Å². The van der Waals surface area contributed by atoms with Crippen molar-refractivity contribution in [1.82, 2.24) is 0 Å². The SMILES string of the molecule is CC(Nc1cc([N+](=O)[O-])c(F)cc1F)c1cc(Br)cs1. The molecule has 0 saturated carbocycles. The molecule has 0 aliphatic rings. The van der Waals surface area contributed by atoms with E-state index in [0.717, 1.165) is 15.4 Å². The zero-order valence-corrected chi connectivity index (χ0v) is 12.6. The first-order valence-corrected chi connectivity index (χ1v) is 7.19. The van der Waals surface area contributed by atoms with Gasteiger partial charge in [-0.15, -0.1) is 11.3 Å². The Morgan fingerprint density at radius 2 is 2.05 bits per heavy atom. The van der Waals surface area contributed by atoms with Crippen LogP contribution in [0.2, 0.25) is 0 Å². The summed E-state index contributed by atoms with van der Waals surface area (Å²) in [6.45, 7) is 1.78. The topological polar surface area (TPSA) is 55.2 Å². The number of benzene rings is 1. The number of hydrogen-bond acceptors (Lipinski definition) is 4. The summed E-state index contributed by atoms with van der Waals surface area (Å²) in [6, 6.07) is 2.98. The van der Waals surface area contributed by atoms with Gasteiger partial charge in [0.1, 0.15) is 5.82 Å². The average Bonchev–Trinajstić information content (AvgIpc) is 2.79. The van der Waals surface area contributed by atoms with Crippen molar-refractivity contribution >= 4 is 38.6 Å². The van der Waals surface area contributed by atoms with Gasteiger partial charge in [-0.1, -0.05) is 0 Å². The minimum absolute atomic E-state index is 0.102. The van der Waals surface area contributed by atoms with Crippen LogP contribution in [0, 0.1) is 21.7 Å². The second kappa shape index (κ2) is 5.84. The lowest BCUT2D eigenvalue weighted by Gasteiger charge is -2.14. The molecular weight excluding hydrogens is 354 g/mol. The van der Waals surface area contributed by atoms with Crippen LogP contribution in [0.3, 0.4) is 0 Å². The summed E-state index contributed by atoms with van der Waals surface area (Å²) in [6.07, 6.45) is 0. The second-order valence-electron chi connectivity index (χ2n) is 4.07. The predicted molar refractivity (Wildman–Crippen MR) is 77.1 cm³/mol. The Balaban J connectivity index is 2.29. The van der Waals surface area contributed by atoms with Crippen LogP contribution in [-0.2, 0) is 0 Å². The molecule has 20 heavy (non-hydrogen) atoms. The Labute approximate surface area is 125 Å². The minimum atomic E-state index is -1.19. The lowest BCUT2D eigenvalue weighted by atomic mass is 10.2. The van der Waals surface area contributed by atoms with Crippen LogP contribution in [0.5, 0.6) is 0 Å². The number of anilines is 1. The van der Waals surface area contributed by atoms with Crippen LogP contribution in [0.4, 0.5) is 20.2 Å². The van der Waals surface area contributed by atoms with E-state index >= 15 is 0 Å².